The SMILES string of the molecule is Cc1cnn(-c2ccc(S(=O)(=O)N[C@@]3(C(=O)O)C(C)[C@@H]3c3ccccc3)s2)c1. The van der Waals surface area contributed by atoms with Gasteiger partial charge in [0.25, 0.3) is 10.0 Å². The number of carboxylic acid groups (broad SMARTS) is 1. The van der Waals surface area contributed by atoms with Gasteiger partial charge in [0, 0.05) is 12.1 Å². The first-order valence-corrected chi connectivity index (χ1v) is 11.0. The normalized spacial score (nSPS) is 24.2. The number of nitrogens with zero attached hydrogens (tertiary/aromatic N) is 2. The molecule has 0 aliphatic heterocycles. The zero-order chi connectivity index (χ0) is 20.1. The zero-order valence-electron chi connectivity index (χ0n) is 15.2. The topological polar surface area (TPSA) is 101 Å². The Morgan fingerprint density at radius 3 is 2.57 bits per heavy atom. The number of carbonyl (C=O) groups is 1. The molecule has 3 aromatic rings. The van der Waals surface area contributed by atoms with Gasteiger partial charge in [0.2, 0.25) is 0 Å². The minimum Gasteiger partial charge on any atom is -0.480 e. The smallest absolute Gasteiger partial charge is 0.325 e. The summed E-state index contributed by atoms with van der Waals surface area (Å²) in [5.74, 6) is -1.96. The van der Waals surface area contributed by atoms with Gasteiger partial charge in [-0.15, -0.1) is 11.3 Å². The van der Waals surface area contributed by atoms with Gasteiger partial charge in [0.05, 0.1) is 6.20 Å². The number of hydrogen-bond donors (Lipinski definition) is 2. The first kappa shape index (κ1) is 18.9. The van der Waals surface area contributed by atoms with E-state index in [1.165, 1.54) is 6.07 Å². The van der Waals surface area contributed by atoms with Crippen LogP contribution in [0.15, 0.2) is 59.1 Å². The molecular weight excluding hydrogens is 398 g/mol. The Kier molecular flexibility index (Phi) is 4.40. The largest absolute Gasteiger partial charge is 0.480 e. The van der Waals surface area contributed by atoms with Crippen LogP contribution in [0.2, 0.25) is 0 Å². The summed E-state index contributed by atoms with van der Waals surface area (Å²) in [5, 5.41) is 14.7. The highest BCUT2D eigenvalue weighted by molar-refractivity contribution is 7.91. The number of hydrogen-bond acceptors (Lipinski definition) is 5. The minimum absolute atomic E-state index is 0.0576. The Balaban J connectivity index is 1.65. The summed E-state index contributed by atoms with van der Waals surface area (Å²) >= 11 is 1.04. The number of aromatic nitrogens is 2. The lowest BCUT2D eigenvalue weighted by molar-refractivity contribution is -0.140. The summed E-state index contributed by atoms with van der Waals surface area (Å²) in [6, 6.07) is 12.3. The van der Waals surface area contributed by atoms with E-state index >= 15 is 0 Å². The summed E-state index contributed by atoms with van der Waals surface area (Å²) in [7, 11) is -4.01. The van der Waals surface area contributed by atoms with Crippen LogP contribution in [0.5, 0.6) is 0 Å². The monoisotopic (exact) mass is 417 g/mol. The van der Waals surface area contributed by atoms with Crippen molar-refractivity contribution in [2.75, 3.05) is 0 Å². The van der Waals surface area contributed by atoms with E-state index in [1.54, 1.807) is 30.1 Å². The summed E-state index contributed by atoms with van der Waals surface area (Å²) in [4.78, 5) is 12.1. The standard InChI is InChI=1S/C19H19N3O4S2/c1-12-10-20-22(11-12)15-8-9-16(27-15)28(25,26)21-19(18(23)24)13(2)17(19)14-6-4-3-5-7-14/h3-11,13,17,21H,1-2H3,(H,23,24)/t13?,17-,19+/m1/s1. The van der Waals surface area contributed by atoms with Crippen LogP contribution in [0.25, 0.3) is 5.00 Å². The number of aryl methyl sites for hydroxylation is 1. The predicted octanol–water partition coefficient (Wildman–Crippen LogP) is 2.78. The van der Waals surface area contributed by atoms with Crippen molar-refractivity contribution in [3.63, 3.8) is 0 Å². The molecule has 1 saturated carbocycles. The van der Waals surface area contributed by atoms with Gasteiger partial charge in [0.15, 0.2) is 0 Å². The molecule has 7 nitrogen and oxygen atoms in total. The summed E-state index contributed by atoms with van der Waals surface area (Å²) in [6.07, 6.45) is 3.48. The Bertz CT molecular complexity index is 1140. The van der Waals surface area contributed by atoms with Crippen LogP contribution in [0.1, 0.15) is 24.0 Å². The predicted molar refractivity (Wildman–Crippen MR) is 105 cm³/mol. The van der Waals surface area contributed by atoms with Crippen molar-refractivity contribution in [3.05, 3.63) is 66.0 Å². The number of benzene rings is 1. The molecule has 1 aromatic carbocycles. The second-order valence-corrected chi connectivity index (χ2v) is 9.98. The van der Waals surface area contributed by atoms with Crippen LogP contribution in [-0.4, -0.2) is 34.8 Å². The molecule has 4 rings (SSSR count). The molecule has 3 atom stereocenters. The lowest BCUT2D eigenvalue weighted by atomic mass is 10.1. The Hall–Kier alpha value is -2.49. The van der Waals surface area contributed by atoms with Crippen LogP contribution < -0.4 is 4.72 Å². The number of sulfonamides is 1. The van der Waals surface area contributed by atoms with E-state index in [1.807, 2.05) is 37.3 Å². The van der Waals surface area contributed by atoms with Gasteiger partial charge in [-0.2, -0.15) is 9.82 Å². The molecule has 0 amide bonds. The number of carboxylic acids is 1. The molecule has 28 heavy (non-hydrogen) atoms. The molecule has 146 valence electrons. The molecule has 0 radical (unpaired) electrons. The summed E-state index contributed by atoms with van der Waals surface area (Å²) in [6.45, 7) is 3.64. The van der Waals surface area contributed by atoms with Gasteiger partial charge in [-0.1, -0.05) is 37.3 Å². The summed E-state index contributed by atoms with van der Waals surface area (Å²) < 4.78 is 30.1. The van der Waals surface area contributed by atoms with Crippen LogP contribution in [0.3, 0.4) is 0 Å². The average molecular weight is 418 g/mol. The van der Waals surface area contributed by atoms with Crippen LogP contribution in [0.4, 0.5) is 0 Å². The van der Waals surface area contributed by atoms with E-state index in [0.717, 1.165) is 22.5 Å². The van der Waals surface area contributed by atoms with Crippen molar-refractivity contribution in [3.8, 4) is 5.00 Å². The molecule has 9 heteroatoms. The van der Waals surface area contributed by atoms with E-state index in [9.17, 15) is 18.3 Å². The number of aliphatic carboxylic acids is 1. The zero-order valence-corrected chi connectivity index (χ0v) is 16.9. The van der Waals surface area contributed by atoms with Gasteiger partial charge in [-0.3, -0.25) is 4.79 Å². The van der Waals surface area contributed by atoms with Crippen molar-refractivity contribution in [2.24, 2.45) is 5.92 Å². The molecule has 0 spiro atoms. The molecule has 1 fully saturated rings. The van der Waals surface area contributed by atoms with Crippen molar-refractivity contribution >= 4 is 27.3 Å². The average Bonchev–Trinajstić information content (AvgIpc) is 3.06. The van der Waals surface area contributed by atoms with E-state index < -0.39 is 27.4 Å². The van der Waals surface area contributed by atoms with Gasteiger partial charge in [-0.25, -0.2) is 13.1 Å². The highest BCUT2D eigenvalue weighted by Gasteiger charge is 2.70. The van der Waals surface area contributed by atoms with Crippen molar-refractivity contribution < 1.29 is 18.3 Å². The maximum atomic E-state index is 13.0. The summed E-state index contributed by atoms with van der Waals surface area (Å²) in [5.41, 5.74) is 0.212. The lowest BCUT2D eigenvalue weighted by Gasteiger charge is -2.15. The molecule has 0 bridgehead atoms. The van der Waals surface area contributed by atoms with Gasteiger partial charge in [0.1, 0.15) is 14.7 Å². The second kappa shape index (κ2) is 6.54. The third kappa shape index (κ3) is 2.95. The minimum atomic E-state index is -4.01. The van der Waals surface area contributed by atoms with Gasteiger partial charge in [-0.05, 0) is 36.1 Å². The fourth-order valence-corrected chi connectivity index (χ4v) is 6.37. The Labute approximate surface area is 166 Å². The highest BCUT2D eigenvalue weighted by Crippen LogP contribution is 2.58. The van der Waals surface area contributed by atoms with Crippen LogP contribution >= 0.6 is 11.3 Å². The van der Waals surface area contributed by atoms with Crippen molar-refractivity contribution in [2.45, 2.75) is 29.5 Å². The highest BCUT2D eigenvalue weighted by atomic mass is 32.2. The van der Waals surface area contributed by atoms with Crippen molar-refractivity contribution in [1.29, 1.82) is 0 Å². The second-order valence-electron chi connectivity index (χ2n) is 7.01. The van der Waals surface area contributed by atoms with Crippen molar-refractivity contribution in [1.82, 2.24) is 14.5 Å². The van der Waals surface area contributed by atoms with E-state index in [2.05, 4.69) is 9.82 Å². The fraction of sp³-hybridized carbons (Fsp3) is 0.263. The third-order valence-electron chi connectivity index (χ3n) is 5.19. The first-order chi connectivity index (χ1) is 13.3. The molecule has 0 saturated heterocycles. The fourth-order valence-electron chi connectivity index (χ4n) is 3.68. The Morgan fingerprint density at radius 1 is 1.25 bits per heavy atom. The molecule has 1 aliphatic carbocycles. The number of rotatable bonds is 6. The molecular formula is C19H19N3O4S2. The third-order valence-corrected chi connectivity index (χ3v) is 8.24. The van der Waals surface area contributed by atoms with Crippen LogP contribution in [-0.2, 0) is 14.8 Å². The maximum Gasteiger partial charge on any atom is 0.325 e. The molecule has 1 unspecified atom stereocenters. The van der Waals surface area contributed by atoms with Gasteiger partial charge >= 0.3 is 5.97 Å². The molecule has 2 heterocycles. The Morgan fingerprint density at radius 2 is 1.96 bits per heavy atom. The van der Waals surface area contributed by atoms with E-state index in [4.69, 9.17) is 0 Å². The van der Waals surface area contributed by atoms with Gasteiger partial charge < -0.3 is 5.11 Å². The van der Waals surface area contributed by atoms with E-state index in [0.29, 0.717) is 5.00 Å². The number of thiophene rings is 1. The lowest BCUT2D eigenvalue weighted by Crippen LogP contribution is -2.45. The molecule has 1 aliphatic rings. The number of nitrogens with one attached hydrogen (secondary N) is 1. The maximum absolute atomic E-state index is 13.0. The quantitative estimate of drug-likeness (QED) is 0.642. The molecule has 2 N–H and O–H groups in total. The first-order valence-electron chi connectivity index (χ1n) is 8.69. The molecule has 2 aromatic heterocycles. The van der Waals surface area contributed by atoms with Crippen LogP contribution in [0, 0.1) is 12.8 Å². The van der Waals surface area contributed by atoms with E-state index in [-0.39, 0.29) is 10.1 Å².